The highest BCUT2D eigenvalue weighted by molar-refractivity contribution is 5.89. The molecule has 0 saturated heterocycles. The van der Waals surface area contributed by atoms with Crippen LogP contribution in [0.4, 0.5) is 5.69 Å². The van der Waals surface area contributed by atoms with Crippen LogP contribution in [0.3, 0.4) is 0 Å². The molecular weight excluding hydrogens is 332 g/mol. The third-order valence-electron chi connectivity index (χ3n) is 4.31. The second-order valence-electron chi connectivity index (χ2n) is 5.89. The van der Waals surface area contributed by atoms with Gasteiger partial charge in [-0.25, -0.2) is 0 Å². The lowest BCUT2D eigenvalue weighted by Crippen LogP contribution is -2.29. The van der Waals surface area contributed by atoms with Crippen LogP contribution < -0.4 is 5.32 Å². The fourth-order valence-corrected chi connectivity index (χ4v) is 3.05. The minimum Gasteiger partial charge on any atom is -0.508 e. The zero-order valence-corrected chi connectivity index (χ0v) is 14.2. The summed E-state index contributed by atoms with van der Waals surface area (Å²) in [6.45, 7) is 1.70. The maximum atomic E-state index is 12.1. The number of phenolic OH excluding ortho intramolecular Hbond substituents is 1. The number of hydrogen-bond acceptors (Lipinski definition) is 4. The number of carbonyl (C=O) groups is 1. The standard InChI is InChI=1S/C20H18N2O4/c1-2-18(24)21-20(15-9-5-6-10-16(15)22(25)26)19-14-8-4-3-7-13(14)11-12-17(19)23/h3-12,20,23H,2H2,1H3,(H,21,24). The molecule has 0 heterocycles. The molecule has 6 nitrogen and oxygen atoms in total. The van der Waals surface area contributed by atoms with E-state index >= 15 is 0 Å². The number of nitro benzene ring substituents is 1. The molecule has 0 radical (unpaired) electrons. The van der Waals surface area contributed by atoms with E-state index in [4.69, 9.17) is 0 Å². The Balaban J connectivity index is 2.29. The molecule has 0 aromatic heterocycles. The Morgan fingerprint density at radius 1 is 1.12 bits per heavy atom. The molecule has 0 fully saturated rings. The van der Waals surface area contributed by atoms with E-state index in [2.05, 4.69) is 5.32 Å². The molecule has 1 amide bonds. The average molecular weight is 350 g/mol. The van der Waals surface area contributed by atoms with Crippen molar-refractivity contribution in [2.24, 2.45) is 0 Å². The predicted molar refractivity (Wildman–Crippen MR) is 99.0 cm³/mol. The second-order valence-corrected chi connectivity index (χ2v) is 5.89. The largest absolute Gasteiger partial charge is 0.508 e. The van der Waals surface area contributed by atoms with Gasteiger partial charge in [0.05, 0.1) is 16.5 Å². The van der Waals surface area contributed by atoms with Crippen molar-refractivity contribution in [3.05, 3.63) is 81.9 Å². The fourth-order valence-electron chi connectivity index (χ4n) is 3.05. The van der Waals surface area contributed by atoms with Gasteiger partial charge in [-0.3, -0.25) is 14.9 Å². The summed E-state index contributed by atoms with van der Waals surface area (Å²) in [4.78, 5) is 23.1. The molecular formula is C20H18N2O4. The van der Waals surface area contributed by atoms with Crippen LogP contribution in [0.15, 0.2) is 60.7 Å². The Labute approximate surface area is 150 Å². The second kappa shape index (κ2) is 7.23. The third kappa shape index (κ3) is 3.21. The van der Waals surface area contributed by atoms with Gasteiger partial charge in [-0.1, -0.05) is 49.4 Å². The molecule has 1 atom stereocenters. The molecule has 0 aliphatic rings. The van der Waals surface area contributed by atoms with Crippen LogP contribution in [0.1, 0.15) is 30.5 Å². The first kappa shape index (κ1) is 17.4. The minimum atomic E-state index is -0.838. The quantitative estimate of drug-likeness (QED) is 0.536. The molecule has 6 heteroatoms. The van der Waals surface area contributed by atoms with E-state index < -0.39 is 11.0 Å². The third-order valence-corrected chi connectivity index (χ3v) is 4.31. The number of rotatable bonds is 5. The van der Waals surface area contributed by atoms with Crippen molar-refractivity contribution >= 4 is 22.4 Å². The zero-order chi connectivity index (χ0) is 18.7. The van der Waals surface area contributed by atoms with Crippen molar-refractivity contribution in [3.63, 3.8) is 0 Å². The highest BCUT2D eigenvalue weighted by atomic mass is 16.6. The van der Waals surface area contributed by atoms with Gasteiger partial charge < -0.3 is 10.4 Å². The van der Waals surface area contributed by atoms with Gasteiger partial charge in [0.15, 0.2) is 0 Å². The Bertz CT molecular complexity index is 984. The van der Waals surface area contributed by atoms with Gasteiger partial charge in [-0.05, 0) is 22.9 Å². The summed E-state index contributed by atoms with van der Waals surface area (Å²) >= 11 is 0. The summed E-state index contributed by atoms with van der Waals surface area (Å²) in [6, 6.07) is 16.1. The van der Waals surface area contributed by atoms with Crippen molar-refractivity contribution < 1.29 is 14.8 Å². The van der Waals surface area contributed by atoms with Gasteiger partial charge in [0.25, 0.3) is 5.69 Å². The van der Waals surface area contributed by atoms with E-state index in [0.29, 0.717) is 11.1 Å². The summed E-state index contributed by atoms with van der Waals surface area (Å²) in [6.07, 6.45) is 0.225. The maximum Gasteiger partial charge on any atom is 0.275 e. The molecule has 2 N–H and O–H groups in total. The van der Waals surface area contributed by atoms with Gasteiger partial charge in [0.1, 0.15) is 5.75 Å². The molecule has 0 aliphatic heterocycles. The molecule has 0 aliphatic carbocycles. The summed E-state index contributed by atoms with van der Waals surface area (Å²) in [5.74, 6) is -0.288. The van der Waals surface area contributed by atoms with E-state index in [1.54, 1.807) is 31.2 Å². The molecule has 3 rings (SSSR count). The Kier molecular flexibility index (Phi) is 4.84. The van der Waals surface area contributed by atoms with E-state index in [0.717, 1.165) is 10.8 Å². The number of nitrogens with one attached hydrogen (secondary N) is 1. The lowest BCUT2D eigenvalue weighted by molar-refractivity contribution is -0.385. The molecule has 3 aromatic rings. The van der Waals surface area contributed by atoms with Gasteiger partial charge in [-0.15, -0.1) is 0 Å². The van der Waals surface area contributed by atoms with E-state index in [-0.39, 0.29) is 23.8 Å². The van der Waals surface area contributed by atoms with Crippen molar-refractivity contribution in [2.45, 2.75) is 19.4 Å². The first-order valence-electron chi connectivity index (χ1n) is 8.26. The number of nitrogens with zero attached hydrogens (tertiary/aromatic N) is 1. The fraction of sp³-hybridized carbons (Fsp3) is 0.150. The van der Waals surface area contributed by atoms with Crippen LogP contribution in [-0.2, 0) is 4.79 Å². The van der Waals surface area contributed by atoms with Crippen LogP contribution in [0.2, 0.25) is 0 Å². The number of nitro groups is 1. The molecule has 1 unspecified atom stereocenters. The smallest absolute Gasteiger partial charge is 0.275 e. The molecule has 132 valence electrons. The van der Waals surface area contributed by atoms with E-state index in [1.807, 2.05) is 24.3 Å². The van der Waals surface area contributed by atoms with Crippen molar-refractivity contribution in [1.29, 1.82) is 0 Å². The van der Waals surface area contributed by atoms with E-state index in [1.165, 1.54) is 12.1 Å². The highest BCUT2D eigenvalue weighted by Crippen LogP contribution is 2.38. The van der Waals surface area contributed by atoms with Crippen LogP contribution in [-0.4, -0.2) is 15.9 Å². The van der Waals surface area contributed by atoms with Crippen LogP contribution in [0, 0.1) is 10.1 Å². The maximum absolute atomic E-state index is 12.1. The SMILES string of the molecule is CCC(=O)NC(c1ccccc1[N+](=O)[O-])c1c(O)ccc2ccccc12. The highest BCUT2D eigenvalue weighted by Gasteiger charge is 2.28. The monoisotopic (exact) mass is 350 g/mol. The van der Waals surface area contributed by atoms with Crippen molar-refractivity contribution in [2.75, 3.05) is 0 Å². The van der Waals surface area contributed by atoms with Crippen LogP contribution in [0.5, 0.6) is 5.75 Å². The van der Waals surface area contributed by atoms with Crippen molar-refractivity contribution in [3.8, 4) is 5.75 Å². The number of fused-ring (bicyclic) bond motifs is 1. The van der Waals surface area contributed by atoms with Gasteiger partial charge >= 0.3 is 0 Å². The first-order valence-corrected chi connectivity index (χ1v) is 8.26. The first-order chi connectivity index (χ1) is 12.5. The topological polar surface area (TPSA) is 92.5 Å². The lowest BCUT2D eigenvalue weighted by Gasteiger charge is -2.22. The zero-order valence-electron chi connectivity index (χ0n) is 14.2. The molecule has 26 heavy (non-hydrogen) atoms. The van der Waals surface area contributed by atoms with Crippen molar-refractivity contribution in [1.82, 2.24) is 5.32 Å². The van der Waals surface area contributed by atoms with Gasteiger partial charge in [0.2, 0.25) is 5.91 Å². The number of phenols is 1. The Morgan fingerprint density at radius 3 is 2.54 bits per heavy atom. The normalized spacial score (nSPS) is 11.9. The molecule has 3 aromatic carbocycles. The molecule has 0 saturated carbocycles. The van der Waals surface area contributed by atoms with Gasteiger partial charge in [0, 0.05) is 18.1 Å². The predicted octanol–water partition coefficient (Wildman–Crippen LogP) is 4.07. The molecule has 0 bridgehead atoms. The summed E-state index contributed by atoms with van der Waals surface area (Å²) < 4.78 is 0. The number of amides is 1. The summed E-state index contributed by atoms with van der Waals surface area (Å²) in [5.41, 5.74) is 0.659. The van der Waals surface area contributed by atoms with Crippen LogP contribution in [0.25, 0.3) is 10.8 Å². The number of benzene rings is 3. The summed E-state index contributed by atoms with van der Waals surface area (Å²) in [7, 11) is 0. The van der Waals surface area contributed by atoms with Crippen LogP contribution >= 0.6 is 0 Å². The van der Waals surface area contributed by atoms with E-state index in [9.17, 15) is 20.0 Å². The Morgan fingerprint density at radius 2 is 1.81 bits per heavy atom. The average Bonchev–Trinajstić information content (AvgIpc) is 2.66. The summed E-state index contributed by atoms with van der Waals surface area (Å²) in [5, 5.41) is 26.4. The Hall–Kier alpha value is -3.41. The number of para-hydroxylation sites is 1. The number of carbonyl (C=O) groups excluding carboxylic acids is 1. The number of aromatic hydroxyl groups is 1. The lowest BCUT2D eigenvalue weighted by atomic mass is 9.91. The minimum absolute atomic E-state index is 0.0248. The number of hydrogen-bond donors (Lipinski definition) is 2. The van der Waals surface area contributed by atoms with Gasteiger partial charge in [-0.2, -0.15) is 0 Å². The molecule has 0 spiro atoms.